The zero-order valence-electron chi connectivity index (χ0n) is 16.9. The van der Waals surface area contributed by atoms with E-state index in [2.05, 4.69) is 29.8 Å². The second kappa shape index (κ2) is 8.97. The van der Waals surface area contributed by atoms with Crippen LogP contribution in [0.2, 0.25) is 0 Å². The minimum atomic E-state index is -0.298. The van der Waals surface area contributed by atoms with Gasteiger partial charge >= 0.3 is 0 Å². The molecule has 0 atom stereocenters. The average molecular weight is 398 g/mol. The summed E-state index contributed by atoms with van der Waals surface area (Å²) in [6, 6.07) is 14.4. The number of carbonyl (C=O) groups excluding carboxylic acids is 2. The van der Waals surface area contributed by atoms with Crippen molar-refractivity contribution in [2.24, 2.45) is 0 Å². The average Bonchev–Trinajstić information content (AvgIpc) is 2.60. The monoisotopic (exact) mass is 397 g/mol. The molecule has 28 heavy (non-hydrogen) atoms. The Morgan fingerprint density at radius 2 is 1.36 bits per heavy atom. The maximum atomic E-state index is 12.3. The first-order valence-electron chi connectivity index (χ1n) is 9.20. The molecule has 2 aromatic rings. The fraction of sp³-hybridized carbons (Fsp3) is 0.318. The second-order valence-corrected chi connectivity index (χ2v) is 8.37. The van der Waals surface area contributed by atoms with Gasteiger partial charge in [-0.3, -0.25) is 14.9 Å². The van der Waals surface area contributed by atoms with Crippen molar-refractivity contribution in [3.63, 3.8) is 0 Å². The third kappa shape index (κ3) is 6.46. The van der Waals surface area contributed by atoms with Crippen molar-refractivity contribution < 1.29 is 9.59 Å². The van der Waals surface area contributed by atoms with Gasteiger partial charge in [-0.1, -0.05) is 26.0 Å². The number of amides is 2. The van der Waals surface area contributed by atoms with E-state index in [1.165, 1.54) is 5.56 Å². The summed E-state index contributed by atoms with van der Waals surface area (Å²) in [7, 11) is 0. The summed E-state index contributed by atoms with van der Waals surface area (Å²) < 4.78 is 0. The lowest BCUT2D eigenvalue weighted by atomic mass is 10.0. The van der Waals surface area contributed by atoms with Crippen molar-refractivity contribution in [3.05, 3.63) is 65.2 Å². The number of nitrogens with one attached hydrogen (secondary N) is 3. The number of carbonyl (C=O) groups is 2. The number of benzene rings is 2. The van der Waals surface area contributed by atoms with Gasteiger partial charge in [0, 0.05) is 22.4 Å². The smallest absolute Gasteiger partial charge is 0.257 e. The van der Waals surface area contributed by atoms with Crippen LogP contribution in [0.25, 0.3) is 0 Å². The number of hydrogen-bond donors (Lipinski definition) is 3. The van der Waals surface area contributed by atoms with Gasteiger partial charge in [-0.25, -0.2) is 0 Å². The van der Waals surface area contributed by atoms with Crippen LogP contribution in [0.3, 0.4) is 0 Å². The van der Waals surface area contributed by atoms with Crippen molar-refractivity contribution in [3.8, 4) is 0 Å². The topological polar surface area (TPSA) is 70.2 Å². The molecule has 0 heterocycles. The van der Waals surface area contributed by atoms with Gasteiger partial charge < -0.3 is 10.6 Å². The van der Waals surface area contributed by atoms with Crippen LogP contribution in [-0.2, 0) is 0 Å². The van der Waals surface area contributed by atoms with E-state index < -0.39 is 0 Å². The first-order valence-corrected chi connectivity index (χ1v) is 9.61. The van der Waals surface area contributed by atoms with Gasteiger partial charge in [-0.2, -0.15) is 0 Å². The largest absolute Gasteiger partial charge is 0.347 e. The molecule has 148 valence electrons. The lowest BCUT2D eigenvalue weighted by Crippen LogP contribution is -2.40. The molecule has 2 amide bonds. The van der Waals surface area contributed by atoms with E-state index in [9.17, 15) is 9.59 Å². The zero-order chi connectivity index (χ0) is 20.9. The van der Waals surface area contributed by atoms with Crippen molar-refractivity contribution in [2.75, 3.05) is 5.32 Å². The Morgan fingerprint density at radius 3 is 1.86 bits per heavy atom. The molecule has 0 fully saturated rings. The highest BCUT2D eigenvalue weighted by Crippen LogP contribution is 2.15. The third-order valence-corrected chi connectivity index (χ3v) is 4.16. The molecule has 0 radical (unpaired) electrons. The van der Waals surface area contributed by atoms with Gasteiger partial charge in [0.2, 0.25) is 0 Å². The molecular weight excluding hydrogens is 370 g/mol. The van der Waals surface area contributed by atoms with Crippen molar-refractivity contribution in [1.82, 2.24) is 10.6 Å². The molecule has 3 N–H and O–H groups in total. The standard InChI is InChI=1S/C22H27N3O2S/c1-14(2)15-6-8-16(9-7-15)19(26)24-21(28)23-18-12-10-17(11-13-18)20(27)25-22(3,4)5/h6-14H,1-5H3,(H,25,27)(H2,23,24,26,28). The number of thiocarbonyl (C=S) groups is 1. The maximum absolute atomic E-state index is 12.3. The molecule has 0 saturated carbocycles. The first-order chi connectivity index (χ1) is 13.0. The molecule has 0 aliphatic heterocycles. The number of anilines is 1. The van der Waals surface area contributed by atoms with Crippen LogP contribution >= 0.6 is 12.2 Å². The summed E-state index contributed by atoms with van der Waals surface area (Å²) >= 11 is 5.21. The van der Waals surface area contributed by atoms with Crippen molar-refractivity contribution in [1.29, 1.82) is 0 Å². The minimum Gasteiger partial charge on any atom is -0.347 e. The quantitative estimate of drug-likeness (QED) is 0.666. The molecule has 6 heteroatoms. The lowest BCUT2D eigenvalue weighted by Gasteiger charge is -2.20. The molecule has 0 unspecified atom stereocenters. The van der Waals surface area contributed by atoms with Crippen LogP contribution in [0.5, 0.6) is 0 Å². The van der Waals surface area contributed by atoms with E-state index in [1.807, 2.05) is 32.9 Å². The predicted molar refractivity (Wildman–Crippen MR) is 118 cm³/mol. The van der Waals surface area contributed by atoms with E-state index in [1.54, 1.807) is 36.4 Å². The van der Waals surface area contributed by atoms with Crippen LogP contribution in [0.15, 0.2) is 48.5 Å². The van der Waals surface area contributed by atoms with Gasteiger partial charge in [0.25, 0.3) is 11.8 Å². The van der Waals surface area contributed by atoms with Crippen LogP contribution in [0.1, 0.15) is 66.8 Å². The Labute approximate surface area is 171 Å². The summed E-state index contributed by atoms with van der Waals surface area (Å²) in [5.74, 6) is 0.00191. The summed E-state index contributed by atoms with van der Waals surface area (Å²) in [5, 5.41) is 8.73. The highest BCUT2D eigenvalue weighted by Gasteiger charge is 2.15. The van der Waals surface area contributed by atoms with Crippen molar-refractivity contribution in [2.45, 2.75) is 46.1 Å². The third-order valence-electron chi connectivity index (χ3n) is 3.96. The van der Waals surface area contributed by atoms with E-state index in [0.29, 0.717) is 22.7 Å². The van der Waals surface area contributed by atoms with Crippen LogP contribution < -0.4 is 16.0 Å². The molecule has 0 bridgehead atoms. The van der Waals surface area contributed by atoms with Gasteiger partial charge in [-0.05, 0) is 80.9 Å². The fourth-order valence-corrected chi connectivity index (χ4v) is 2.69. The van der Waals surface area contributed by atoms with Crippen molar-refractivity contribution >= 4 is 34.8 Å². The molecule has 0 saturated heterocycles. The Kier molecular flexibility index (Phi) is 6.91. The molecule has 0 aromatic heterocycles. The summed E-state index contributed by atoms with van der Waals surface area (Å²) in [4.78, 5) is 24.5. The summed E-state index contributed by atoms with van der Waals surface area (Å²) in [6.07, 6.45) is 0. The molecule has 2 rings (SSSR count). The molecule has 0 aliphatic carbocycles. The van der Waals surface area contributed by atoms with Crippen LogP contribution in [0, 0.1) is 0 Å². The fourth-order valence-electron chi connectivity index (χ4n) is 2.47. The highest BCUT2D eigenvalue weighted by atomic mass is 32.1. The molecule has 5 nitrogen and oxygen atoms in total. The van der Waals surface area contributed by atoms with E-state index in [4.69, 9.17) is 12.2 Å². The van der Waals surface area contributed by atoms with E-state index in [-0.39, 0.29) is 22.5 Å². The minimum absolute atomic E-state index is 0.139. The van der Waals surface area contributed by atoms with E-state index in [0.717, 1.165) is 0 Å². The van der Waals surface area contributed by atoms with Gasteiger partial charge in [0.15, 0.2) is 5.11 Å². The van der Waals surface area contributed by atoms with Crippen LogP contribution in [0.4, 0.5) is 5.69 Å². The Morgan fingerprint density at radius 1 is 0.857 bits per heavy atom. The normalized spacial score (nSPS) is 11.1. The Balaban J connectivity index is 1.93. The lowest BCUT2D eigenvalue weighted by molar-refractivity contribution is 0.0918. The second-order valence-electron chi connectivity index (χ2n) is 7.97. The Hall–Kier alpha value is -2.73. The highest BCUT2D eigenvalue weighted by molar-refractivity contribution is 7.80. The van der Waals surface area contributed by atoms with Gasteiger partial charge in [0.1, 0.15) is 0 Å². The predicted octanol–water partition coefficient (Wildman–Crippen LogP) is 4.47. The van der Waals surface area contributed by atoms with Crippen LogP contribution in [-0.4, -0.2) is 22.5 Å². The SMILES string of the molecule is CC(C)c1ccc(C(=O)NC(=S)Nc2ccc(C(=O)NC(C)(C)C)cc2)cc1. The summed E-state index contributed by atoms with van der Waals surface area (Å²) in [5.41, 5.74) is 2.66. The molecule has 0 aliphatic rings. The van der Waals surface area contributed by atoms with E-state index >= 15 is 0 Å². The molecule has 2 aromatic carbocycles. The zero-order valence-corrected chi connectivity index (χ0v) is 17.7. The number of hydrogen-bond acceptors (Lipinski definition) is 3. The first kappa shape index (κ1) is 21.6. The molecular formula is C22H27N3O2S. The van der Waals surface area contributed by atoms with Gasteiger partial charge in [-0.15, -0.1) is 0 Å². The number of rotatable bonds is 4. The maximum Gasteiger partial charge on any atom is 0.257 e. The van der Waals surface area contributed by atoms with Gasteiger partial charge in [0.05, 0.1) is 0 Å². The molecule has 0 spiro atoms. The Bertz CT molecular complexity index is 851. The summed E-state index contributed by atoms with van der Waals surface area (Å²) in [6.45, 7) is 9.99.